The molecule has 2 rings (SSSR count). The third-order valence-corrected chi connectivity index (χ3v) is 4.09. The molecule has 1 aromatic rings. The number of hydrogen-bond acceptors (Lipinski definition) is 3. The van der Waals surface area contributed by atoms with Gasteiger partial charge >= 0.3 is 5.97 Å². The van der Waals surface area contributed by atoms with Gasteiger partial charge in [0.2, 0.25) is 0 Å². The minimum atomic E-state index is -1.60. The second-order valence-electron chi connectivity index (χ2n) is 5.54. The summed E-state index contributed by atoms with van der Waals surface area (Å²) in [6.45, 7) is 1.56. The van der Waals surface area contributed by atoms with Crippen LogP contribution in [0.15, 0.2) is 42.0 Å². The van der Waals surface area contributed by atoms with E-state index in [1.807, 2.05) is 6.07 Å². The Morgan fingerprint density at radius 2 is 2.00 bits per heavy atom. The molecule has 1 aromatic carbocycles. The van der Waals surface area contributed by atoms with Crippen LogP contribution >= 0.6 is 0 Å². The monoisotopic (exact) mass is 295 g/mol. The SMILES string of the molecule is C/C(C#C[C@@](O)(c1ccccc1)C1(C#N)CCC1)=C/C(=O)O. The first-order chi connectivity index (χ1) is 10.4. The van der Waals surface area contributed by atoms with E-state index in [4.69, 9.17) is 5.11 Å². The van der Waals surface area contributed by atoms with E-state index in [0.717, 1.165) is 12.5 Å². The number of aliphatic carboxylic acids is 1. The van der Waals surface area contributed by atoms with Crippen LogP contribution in [0.5, 0.6) is 0 Å². The molecule has 0 heterocycles. The summed E-state index contributed by atoms with van der Waals surface area (Å²) in [5.41, 5.74) is -1.65. The Hall–Kier alpha value is -2.56. The molecule has 1 aliphatic carbocycles. The van der Waals surface area contributed by atoms with E-state index in [2.05, 4.69) is 17.9 Å². The summed E-state index contributed by atoms with van der Waals surface area (Å²) in [5, 5.41) is 29.5. The molecule has 2 N–H and O–H groups in total. The topological polar surface area (TPSA) is 81.3 Å². The zero-order valence-corrected chi connectivity index (χ0v) is 12.3. The maximum absolute atomic E-state index is 11.2. The molecule has 0 aliphatic heterocycles. The normalized spacial score (nSPS) is 18.9. The fourth-order valence-corrected chi connectivity index (χ4v) is 2.64. The molecule has 0 spiro atoms. The number of rotatable bonds is 3. The molecule has 22 heavy (non-hydrogen) atoms. The average Bonchev–Trinajstić information content (AvgIpc) is 2.45. The minimum Gasteiger partial charge on any atom is -0.478 e. The molecule has 1 atom stereocenters. The highest BCUT2D eigenvalue weighted by molar-refractivity contribution is 5.81. The Balaban J connectivity index is 2.51. The van der Waals surface area contributed by atoms with Gasteiger partial charge in [0.25, 0.3) is 0 Å². The van der Waals surface area contributed by atoms with E-state index in [1.54, 1.807) is 31.2 Å². The summed E-state index contributed by atoms with van der Waals surface area (Å²) < 4.78 is 0. The number of benzene rings is 1. The van der Waals surface area contributed by atoms with Crippen LogP contribution in [0.1, 0.15) is 31.7 Å². The molecule has 0 aromatic heterocycles. The molecule has 1 aliphatic rings. The van der Waals surface area contributed by atoms with Gasteiger partial charge < -0.3 is 10.2 Å². The van der Waals surface area contributed by atoms with Crippen LogP contribution in [0.4, 0.5) is 0 Å². The van der Waals surface area contributed by atoms with Crippen molar-refractivity contribution in [2.45, 2.75) is 31.8 Å². The first-order valence-electron chi connectivity index (χ1n) is 7.07. The summed E-state index contributed by atoms with van der Waals surface area (Å²) in [4.78, 5) is 10.7. The number of nitrogens with zero attached hydrogens (tertiary/aromatic N) is 1. The van der Waals surface area contributed by atoms with Crippen LogP contribution in [0.3, 0.4) is 0 Å². The van der Waals surface area contributed by atoms with E-state index < -0.39 is 17.0 Å². The highest BCUT2D eigenvalue weighted by Crippen LogP contribution is 2.53. The van der Waals surface area contributed by atoms with Gasteiger partial charge in [-0.15, -0.1) is 0 Å². The number of carboxylic acid groups (broad SMARTS) is 1. The quantitative estimate of drug-likeness (QED) is 0.663. The van der Waals surface area contributed by atoms with Crippen molar-refractivity contribution >= 4 is 5.97 Å². The molecule has 4 nitrogen and oxygen atoms in total. The lowest BCUT2D eigenvalue weighted by Gasteiger charge is -2.45. The van der Waals surface area contributed by atoms with Gasteiger partial charge in [-0.25, -0.2) is 4.79 Å². The van der Waals surface area contributed by atoms with E-state index in [-0.39, 0.29) is 0 Å². The highest BCUT2D eigenvalue weighted by atomic mass is 16.4. The van der Waals surface area contributed by atoms with Crippen molar-refractivity contribution in [1.82, 2.24) is 0 Å². The molecule has 0 radical (unpaired) electrons. The fourth-order valence-electron chi connectivity index (χ4n) is 2.64. The maximum atomic E-state index is 11.2. The second-order valence-corrected chi connectivity index (χ2v) is 5.54. The van der Waals surface area contributed by atoms with Gasteiger partial charge in [0.15, 0.2) is 5.60 Å². The first kappa shape index (κ1) is 15.8. The smallest absolute Gasteiger partial charge is 0.329 e. The Kier molecular flexibility index (Phi) is 4.35. The van der Waals surface area contributed by atoms with Crippen molar-refractivity contribution in [2.75, 3.05) is 0 Å². The van der Waals surface area contributed by atoms with Crippen molar-refractivity contribution in [3.8, 4) is 17.9 Å². The van der Waals surface area contributed by atoms with Crippen molar-refractivity contribution in [3.05, 3.63) is 47.5 Å². The summed E-state index contributed by atoms with van der Waals surface area (Å²) in [6, 6.07) is 11.1. The zero-order valence-electron chi connectivity index (χ0n) is 12.3. The summed E-state index contributed by atoms with van der Waals surface area (Å²) in [7, 11) is 0. The first-order valence-corrected chi connectivity index (χ1v) is 7.07. The maximum Gasteiger partial charge on any atom is 0.329 e. The van der Waals surface area contributed by atoms with Gasteiger partial charge in [-0.1, -0.05) is 42.2 Å². The zero-order chi connectivity index (χ0) is 16.2. The van der Waals surface area contributed by atoms with Gasteiger partial charge in [0.1, 0.15) is 5.41 Å². The average molecular weight is 295 g/mol. The number of allylic oxidation sites excluding steroid dienone is 1. The number of carboxylic acids is 1. The summed E-state index contributed by atoms with van der Waals surface area (Å²) >= 11 is 0. The molecule has 112 valence electrons. The molecule has 1 fully saturated rings. The molecular formula is C18H17NO3. The van der Waals surface area contributed by atoms with Gasteiger partial charge in [0, 0.05) is 11.6 Å². The molecule has 0 bridgehead atoms. The summed E-state index contributed by atoms with van der Waals surface area (Å²) in [5.74, 6) is 4.36. The van der Waals surface area contributed by atoms with Crippen molar-refractivity contribution in [3.63, 3.8) is 0 Å². The second kappa shape index (κ2) is 6.05. The largest absolute Gasteiger partial charge is 0.478 e. The molecule has 0 unspecified atom stereocenters. The Labute approximate surface area is 129 Å². The van der Waals surface area contributed by atoms with Crippen LogP contribution in [-0.4, -0.2) is 16.2 Å². The predicted octanol–water partition coefficient (Wildman–Crippen LogP) is 2.60. The molecule has 0 amide bonds. The van der Waals surface area contributed by atoms with Gasteiger partial charge in [-0.05, 0) is 31.7 Å². The van der Waals surface area contributed by atoms with Crippen molar-refractivity contribution in [1.29, 1.82) is 5.26 Å². The van der Waals surface area contributed by atoms with Crippen LogP contribution in [-0.2, 0) is 10.4 Å². The van der Waals surface area contributed by atoms with E-state index in [9.17, 15) is 15.2 Å². The molecule has 4 heteroatoms. The Bertz CT molecular complexity index is 699. The van der Waals surface area contributed by atoms with Crippen LogP contribution in [0, 0.1) is 28.6 Å². The van der Waals surface area contributed by atoms with Gasteiger partial charge in [-0.3, -0.25) is 0 Å². The number of nitriles is 1. The van der Waals surface area contributed by atoms with Crippen molar-refractivity contribution in [2.24, 2.45) is 5.41 Å². The Morgan fingerprint density at radius 3 is 2.45 bits per heavy atom. The van der Waals surface area contributed by atoms with Gasteiger partial charge in [0.05, 0.1) is 6.07 Å². The molecular weight excluding hydrogens is 278 g/mol. The van der Waals surface area contributed by atoms with E-state index >= 15 is 0 Å². The summed E-state index contributed by atoms with van der Waals surface area (Å²) in [6.07, 6.45) is 3.00. The van der Waals surface area contributed by atoms with Crippen LogP contribution in [0.25, 0.3) is 0 Å². The third-order valence-electron chi connectivity index (χ3n) is 4.09. The molecule has 1 saturated carbocycles. The predicted molar refractivity (Wildman–Crippen MR) is 81.4 cm³/mol. The number of hydrogen-bond donors (Lipinski definition) is 2. The lowest BCUT2D eigenvalue weighted by molar-refractivity contribution is -0.131. The highest BCUT2D eigenvalue weighted by Gasteiger charge is 2.55. The lowest BCUT2D eigenvalue weighted by atomic mass is 9.57. The lowest BCUT2D eigenvalue weighted by Crippen LogP contribution is -2.48. The standard InChI is InChI=1S/C18H17NO3/c1-14(12-16(20)21)8-11-18(22,15-6-3-2-4-7-15)17(13-19)9-5-10-17/h2-4,6-7,12,22H,5,9-10H2,1H3,(H,20,21)/b14-12-/t18-/m1/s1. The third kappa shape index (κ3) is 2.74. The van der Waals surface area contributed by atoms with Gasteiger partial charge in [-0.2, -0.15) is 5.26 Å². The van der Waals surface area contributed by atoms with E-state index in [0.29, 0.717) is 24.0 Å². The fraction of sp³-hybridized carbons (Fsp3) is 0.333. The van der Waals surface area contributed by atoms with Crippen molar-refractivity contribution < 1.29 is 15.0 Å². The molecule has 0 saturated heterocycles. The van der Waals surface area contributed by atoms with E-state index in [1.165, 1.54) is 0 Å². The Morgan fingerprint density at radius 1 is 1.36 bits per heavy atom. The van der Waals surface area contributed by atoms with Crippen LogP contribution < -0.4 is 0 Å². The number of carbonyl (C=O) groups is 1. The number of aliphatic hydroxyl groups is 1. The minimum absolute atomic E-state index is 0.328. The van der Waals surface area contributed by atoms with Crippen LogP contribution in [0.2, 0.25) is 0 Å².